The van der Waals surface area contributed by atoms with Gasteiger partial charge in [-0.1, -0.05) is 25.0 Å². The number of rotatable bonds is 5. The molecular weight excluding hydrogens is 302 g/mol. The highest BCUT2D eigenvalue weighted by Gasteiger charge is 2.27. The molecule has 0 aromatic heterocycles. The number of urea groups is 1. The summed E-state index contributed by atoms with van der Waals surface area (Å²) in [7, 11) is 1.67. The van der Waals surface area contributed by atoms with Gasteiger partial charge < -0.3 is 15.0 Å². The molecule has 1 aromatic rings. The number of methoxy groups -OCH3 is 1. The first-order valence-electron chi connectivity index (χ1n) is 9.16. The zero-order chi connectivity index (χ0) is 16.8. The molecule has 132 valence electrons. The van der Waals surface area contributed by atoms with Crippen LogP contribution < -0.4 is 10.1 Å². The topological polar surface area (TPSA) is 44.8 Å². The molecule has 2 aliphatic rings. The Hall–Kier alpha value is -1.75. The molecule has 5 nitrogen and oxygen atoms in total. The van der Waals surface area contributed by atoms with Crippen molar-refractivity contribution in [2.24, 2.45) is 0 Å². The molecule has 2 amide bonds. The predicted octanol–water partition coefficient (Wildman–Crippen LogP) is 2.51. The monoisotopic (exact) mass is 331 g/mol. The average molecular weight is 331 g/mol. The fourth-order valence-corrected chi connectivity index (χ4v) is 3.81. The molecule has 0 unspecified atom stereocenters. The number of hydrogen-bond acceptors (Lipinski definition) is 3. The lowest BCUT2D eigenvalue weighted by Gasteiger charge is -2.38. The number of amides is 2. The van der Waals surface area contributed by atoms with Gasteiger partial charge in [-0.15, -0.1) is 0 Å². The van der Waals surface area contributed by atoms with Crippen LogP contribution in [0.1, 0.15) is 31.2 Å². The number of piperazine rings is 1. The summed E-state index contributed by atoms with van der Waals surface area (Å²) >= 11 is 0. The van der Waals surface area contributed by atoms with Gasteiger partial charge in [-0.25, -0.2) is 4.79 Å². The summed E-state index contributed by atoms with van der Waals surface area (Å²) in [6.45, 7) is 4.40. The first kappa shape index (κ1) is 17.1. The second kappa shape index (κ2) is 8.38. The largest absolute Gasteiger partial charge is 0.497 e. The number of hydrogen-bond donors (Lipinski definition) is 1. The maximum atomic E-state index is 12.3. The Kier molecular flexibility index (Phi) is 5.96. The van der Waals surface area contributed by atoms with Gasteiger partial charge >= 0.3 is 6.03 Å². The van der Waals surface area contributed by atoms with Crippen LogP contribution in [-0.2, 0) is 6.42 Å². The molecule has 24 heavy (non-hydrogen) atoms. The van der Waals surface area contributed by atoms with Gasteiger partial charge in [-0.3, -0.25) is 4.90 Å². The van der Waals surface area contributed by atoms with Crippen molar-refractivity contribution in [3.63, 3.8) is 0 Å². The summed E-state index contributed by atoms with van der Waals surface area (Å²) in [5, 5.41) is 3.05. The van der Waals surface area contributed by atoms with E-state index >= 15 is 0 Å². The molecule has 3 rings (SSSR count). The van der Waals surface area contributed by atoms with E-state index in [1.165, 1.54) is 31.2 Å². The van der Waals surface area contributed by atoms with E-state index in [2.05, 4.69) is 16.3 Å². The van der Waals surface area contributed by atoms with Crippen LogP contribution in [0.4, 0.5) is 4.79 Å². The number of nitrogens with zero attached hydrogens (tertiary/aromatic N) is 2. The molecule has 1 saturated carbocycles. The number of carbonyl (C=O) groups is 1. The Bertz CT molecular complexity index is 535. The standard InChI is InChI=1S/C19H29N3O2/c1-24-18-8-4-5-16(15-18)9-10-20-19(23)22-13-11-21(12-14-22)17-6-2-3-7-17/h4-5,8,15,17H,2-3,6-7,9-14H2,1H3,(H,20,23). The summed E-state index contributed by atoms with van der Waals surface area (Å²) in [6.07, 6.45) is 6.25. The summed E-state index contributed by atoms with van der Waals surface area (Å²) < 4.78 is 5.23. The van der Waals surface area contributed by atoms with E-state index in [0.29, 0.717) is 6.54 Å². The Morgan fingerprint density at radius 1 is 1.21 bits per heavy atom. The molecule has 1 aromatic carbocycles. The smallest absolute Gasteiger partial charge is 0.317 e. The summed E-state index contributed by atoms with van der Waals surface area (Å²) in [6, 6.07) is 8.85. The van der Waals surface area contributed by atoms with Crippen molar-refractivity contribution in [1.82, 2.24) is 15.1 Å². The minimum atomic E-state index is 0.0731. The first-order chi connectivity index (χ1) is 11.8. The lowest BCUT2D eigenvalue weighted by atomic mass is 10.1. The SMILES string of the molecule is COc1cccc(CCNC(=O)N2CCN(C3CCCC3)CC2)c1. The van der Waals surface area contributed by atoms with E-state index in [1.54, 1.807) is 7.11 Å². The van der Waals surface area contributed by atoms with Gasteiger partial charge in [0.2, 0.25) is 0 Å². The van der Waals surface area contributed by atoms with E-state index in [1.807, 2.05) is 23.1 Å². The van der Waals surface area contributed by atoms with Gasteiger partial charge in [-0.2, -0.15) is 0 Å². The van der Waals surface area contributed by atoms with Crippen LogP contribution in [0.25, 0.3) is 0 Å². The molecule has 1 heterocycles. The van der Waals surface area contributed by atoms with Gasteiger partial charge in [0.05, 0.1) is 7.11 Å². The predicted molar refractivity (Wildman–Crippen MR) is 95.5 cm³/mol. The van der Waals surface area contributed by atoms with E-state index in [0.717, 1.165) is 44.4 Å². The van der Waals surface area contributed by atoms with Gasteiger partial charge in [0.25, 0.3) is 0 Å². The molecule has 1 N–H and O–H groups in total. The number of carbonyl (C=O) groups excluding carboxylic acids is 1. The van der Waals surface area contributed by atoms with Crippen molar-refractivity contribution >= 4 is 6.03 Å². The van der Waals surface area contributed by atoms with Crippen molar-refractivity contribution in [3.05, 3.63) is 29.8 Å². The third-order valence-electron chi connectivity index (χ3n) is 5.27. The van der Waals surface area contributed by atoms with E-state index in [-0.39, 0.29) is 6.03 Å². The average Bonchev–Trinajstić information content (AvgIpc) is 3.16. The molecule has 0 radical (unpaired) electrons. The van der Waals surface area contributed by atoms with Gasteiger partial charge in [0.15, 0.2) is 0 Å². The molecule has 1 aliphatic carbocycles. The second-order valence-electron chi connectivity index (χ2n) is 6.79. The molecule has 2 fully saturated rings. The van der Waals surface area contributed by atoms with Gasteiger partial charge in [-0.05, 0) is 37.0 Å². The first-order valence-corrected chi connectivity index (χ1v) is 9.16. The third-order valence-corrected chi connectivity index (χ3v) is 5.27. The van der Waals surface area contributed by atoms with Crippen LogP contribution in [0.3, 0.4) is 0 Å². The van der Waals surface area contributed by atoms with E-state index in [4.69, 9.17) is 4.74 Å². The molecule has 5 heteroatoms. The number of benzene rings is 1. The summed E-state index contributed by atoms with van der Waals surface area (Å²) in [5.41, 5.74) is 1.18. The van der Waals surface area contributed by atoms with Crippen LogP contribution in [0.5, 0.6) is 5.75 Å². The maximum Gasteiger partial charge on any atom is 0.317 e. The number of nitrogens with one attached hydrogen (secondary N) is 1. The summed E-state index contributed by atoms with van der Waals surface area (Å²) in [5.74, 6) is 0.863. The molecule has 0 atom stereocenters. The minimum Gasteiger partial charge on any atom is -0.497 e. The Balaban J connectivity index is 1.38. The second-order valence-corrected chi connectivity index (χ2v) is 6.79. The maximum absolute atomic E-state index is 12.3. The van der Waals surface area contributed by atoms with Gasteiger partial charge in [0, 0.05) is 38.8 Å². The van der Waals surface area contributed by atoms with Crippen LogP contribution in [0.2, 0.25) is 0 Å². The van der Waals surface area contributed by atoms with Crippen LogP contribution >= 0.6 is 0 Å². The minimum absolute atomic E-state index is 0.0731. The Morgan fingerprint density at radius 3 is 2.67 bits per heavy atom. The van der Waals surface area contributed by atoms with Crippen molar-refractivity contribution in [2.45, 2.75) is 38.1 Å². The van der Waals surface area contributed by atoms with Crippen molar-refractivity contribution in [3.8, 4) is 5.75 Å². The highest BCUT2D eigenvalue weighted by atomic mass is 16.5. The third kappa shape index (κ3) is 4.41. The zero-order valence-electron chi connectivity index (χ0n) is 14.7. The highest BCUT2D eigenvalue weighted by Crippen LogP contribution is 2.24. The fraction of sp³-hybridized carbons (Fsp3) is 0.632. The molecular formula is C19H29N3O2. The van der Waals surface area contributed by atoms with Crippen LogP contribution in [-0.4, -0.2) is 61.7 Å². The Labute approximate surface area is 145 Å². The van der Waals surface area contributed by atoms with Gasteiger partial charge in [0.1, 0.15) is 5.75 Å². The quantitative estimate of drug-likeness (QED) is 0.902. The van der Waals surface area contributed by atoms with Crippen molar-refractivity contribution < 1.29 is 9.53 Å². The lowest BCUT2D eigenvalue weighted by Crippen LogP contribution is -2.53. The highest BCUT2D eigenvalue weighted by molar-refractivity contribution is 5.74. The Morgan fingerprint density at radius 2 is 1.96 bits per heavy atom. The van der Waals surface area contributed by atoms with Crippen molar-refractivity contribution in [2.75, 3.05) is 39.8 Å². The number of ether oxygens (including phenoxy) is 1. The van der Waals surface area contributed by atoms with Crippen molar-refractivity contribution in [1.29, 1.82) is 0 Å². The van der Waals surface area contributed by atoms with Crippen LogP contribution in [0.15, 0.2) is 24.3 Å². The zero-order valence-corrected chi connectivity index (χ0v) is 14.7. The summed E-state index contributed by atoms with van der Waals surface area (Å²) in [4.78, 5) is 16.8. The van der Waals surface area contributed by atoms with Crippen LogP contribution in [0, 0.1) is 0 Å². The molecule has 1 saturated heterocycles. The van der Waals surface area contributed by atoms with E-state index < -0.39 is 0 Å². The fourth-order valence-electron chi connectivity index (χ4n) is 3.81. The molecule has 0 bridgehead atoms. The molecule has 1 aliphatic heterocycles. The lowest BCUT2D eigenvalue weighted by molar-refractivity contribution is 0.110. The van der Waals surface area contributed by atoms with E-state index in [9.17, 15) is 4.79 Å². The normalized spacial score (nSPS) is 19.5. The molecule has 0 spiro atoms.